The molecular weight excluding hydrogens is 344 g/mol. The van der Waals surface area contributed by atoms with Gasteiger partial charge in [-0.15, -0.1) is 5.10 Å². The van der Waals surface area contributed by atoms with Crippen molar-refractivity contribution in [2.45, 2.75) is 32.0 Å². The van der Waals surface area contributed by atoms with E-state index in [1.54, 1.807) is 11.0 Å². The van der Waals surface area contributed by atoms with E-state index in [0.29, 0.717) is 25.0 Å². The first-order valence-corrected chi connectivity index (χ1v) is 9.40. The summed E-state index contributed by atoms with van der Waals surface area (Å²) in [7, 11) is 3.79. The number of hydrogen-bond donors (Lipinski definition) is 1. The number of urea groups is 1. The van der Waals surface area contributed by atoms with E-state index in [0.717, 1.165) is 11.4 Å². The van der Waals surface area contributed by atoms with Gasteiger partial charge in [0.05, 0.1) is 17.9 Å². The topological polar surface area (TPSA) is 75.5 Å². The summed E-state index contributed by atoms with van der Waals surface area (Å²) in [5.41, 5.74) is 1.58. The summed E-state index contributed by atoms with van der Waals surface area (Å²) in [5, 5.41) is 7.44. The second-order valence-corrected chi connectivity index (χ2v) is 7.59. The molecule has 2 aromatic rings. The molecule has 8 nitrogen and oxygen atoms in total. The monoisotopic (exact) mass is 370 g/mol. The molecule has 1 saturated heterocycles. The van der Waals surface area contributed by atoms with Crippen molar-refractivity contribution in [3.8, 4) is 5.69 Å². The number of carbonyl (C=O) groups excluding carboxylic acids is 1. The fourth-order valence-electron chi connectivity index (χ4n) is 3.39. The second-order valence-electron chi connectivity index (χ2n) is 7.59. The highest BCUT2D eigenvalue weighted by atomic mass is 16.5. The van der Waals surface area contributed by atoms with Gasteiger partial charge in [0.25, 0.3) is 0 Å². The summed E-state index contributed by atoms with van der Waals surface area (Å²) >= 11 is 0. The molecule has 2 aliphatic rings. The highest BCUT2D eigenvalue weighted by molar-refractivity contribution is 5.89. The van der Waals surface area contributed by atoms with Crippen molar-refractivity contribution in [3.63, 3.8) is 0 Å². The molecule has 2 atom stereocenters. The number of nitrogens with one attached hydrogen (secondary N) is 1. The van der Waals surface area contributed by atoms with Crippen LogP contribution in [0.5, 0.6) is 0 Å². The Balaban J connectivity index is 1.45. The lowest BCUT2D eigenvalue weighted by atomic mass is 10.1. The van der Waals surface area contributed by atoms with Crippen LogP contribution in [-0.4, -0.2) is 65.1 Å². The predicted molar refractivity (Wildman–Crippen MR) is 103 cm³/mol. The van der Waals surface area contributed by atoms with Crippen LogP contribution >= 0.6 is 0 Å². The highest BCUT2D eigenvalue weighted by Crippen LogP contribution is 2.36. The van der Waals surface area contributed by atoms with Gasteiger partial charge in [-0.3, -0.25) is 0 Å². The number of carbonyl (C=O) groups is 1. The molecule has 1 saturated carbocycles. The zero-order chi connectivity index (χ0) is 19.0. The second kappa shape index (κ2) is 7.19. The molecule has 1 aliphatic carbocycles. The van der Waals surface area contributed by atoms with Crippen molar-refractivity contribution in [1.29, 1.82) is 0 Å². The summed E-state index contributed by atoms with van der Waals surface area (Å²) in [6.45, 7) is 3.31. The van der Waals surface area contributed by atoms with E-state index in [-0.39, 0.29) is 18.2 Å². The maximum atomic E-state index is 12.8. The average molecular weight is 370 g/mol. The Bertz CT molecular complexity index is 816. The van der Waals surface area contributed by atoms with Crippen LogP contribution < -0.4 is 10.2 Å². The molecule has 0 bridgehead atoms. The first-order chi connectivity index (χ1) is 13.0. The zero-order valence-electron chi connectivity index (χ0n) is 16.0. The number of aromatic nitrogens is 3. The summed E-state index contributed by atoms with van der Waals surface area (Å²) in [6, 6.07) is 7.53. The molecular formula is C19H26N6O2. The van der Waals surface area contributed by atoms with Gasteiger partial charge in [-0.25, -0.2) is 9.48 Å². The number of rotatable bonds is 4. The first kappa shape index (κ1) is 17.8. The molecule has 1 aromatic heterocycles. The van der Waals surface area contributed by atoms with Crippen molar-refractivity contribution in [1.82, 2.24) is 19.7 Å². The zero-order valence-corrected chi connectivity index (χ0v) is 16.0. The Kier molecular flexibility index (Phi) is 4.73. The average Bonchev–Trinajstić information content (AvgIpc) is 3.37. The molecule has 0 unspecified atom stereocenters. The lowest BCUT2D eigenvalue weighted by Crippen LogP contribution is -2.51. The molecule has 1 N–H and O–H groups in total. The molecule has 1 aliphatic heterocycles. The lowest BCUT2D eigenvalue weighted by Gasteiger charge is -2.37. The Hall–Kier alpha value is -2.61. The van der Waals surface area contributed by atoms with Gasteiger partial charge >= 0.3 is 6.03 Å². The van der Waals surface area contributed by atoms with Crippen LogP contribution in [0.2, 0.25) is 0 Å². The summed E-state index contributed by atoms with van der Waals surface area (Å²) < 4.78 is 7.69. The van der Waals surface area contributed by atoms with Crippen molar-refractivity contribution in [2.75, 3.05) is 37.4 Å². The maximum Gasteiger partial charge on any atom is 0.322 e. The number of amides is 2. The van der Waals surface area contributed by atoms with Crippen molar-refractivity contribution in [2.24, 2.45) is 5.92 Å². The van der Waals surface area contributed by atoms with Crippen molar-refractivity contribution in [3.05, 3.63) is 30.6 Å². The Morgan fingerprint density at radius 3 is 2.81 bits per heavy atom. The van der Waals surface area contributed by atoms with Gasteiger partial charge in [-0.05, 0) is 43.9 Å². The minimum Gasteiger partial charge on any atom is -0.371 e. The Morgan fingerprint density at radius 2 is 2.11 bits per heavy atom. The number of hydrogen-bond acceptors (Lipinski definition) is 5. The summed E-state index contributed by atoms with van der Waals surface area (Å²) in [5.74, 6) is 1.25. The van der Waals surface area contributed by atoms with Gasteiger partial charge < -0.3 is 19.9 Å². The SMILES string of the molecule is C[C@H]1CN(C(=O)Nc2cccc(-n3cnc(N(C)C)n3)c2)C[C@H](C2CC2)O1. The Labute approximate surface area is 159 Å². The first-order valence-electron chi connectivity index (χ1n) is 9.40. The predicted octanol–water partition coefficient (Wildman–Crippen LogP) is 2.36. The van der Waals surface area contributed by atoms with Crippen LogP contribution in [0.3, 0.4) is 0 Å². The minimum atomic E-state index is -0.0829. The Morgan fingerprint density at radius 1 is 1.30 bits per heavy atom. The molecule has 2 fully saturated rings. The standard InChI is InChI=1S/C19H26N6O2/c1-13-10-24(11-17(27-13)14-7-8-14)19(26)21-15-5-4-6-16(9-15)25-12-20-18(22-25)23(2)3/h4-6,9,12-14,17H,7-8,10-11H2,1-3H3,(H,21,26)/t13-,17+/m0/s1. The highest BCUT2D eigenvalue weighted by Gasteiger charge is 2.38. The fraction of sp³-hybridized carbons (Fsp3) is 0.526. The smallest absolute Gasteiger partial charge is 0.322 e. The molecule has 8 heteroatoms. The fourth-order valence-corrected chi connectivity index (χ4v) is 3.39. The van der Waals surface area contributed by atoms with E-state index < -0.39 is 0 Å². The molecule has 0 radical (unpaired) electrons. The molecule has 0 spiro atoms. The van der Waals surface area contributed by atoms with Crippen molar-refractivity contribution < 1.29 is 9.53 Å². The molecule has 4 rings (SSSR count). The summed E-state index contributed by atoms with van der Waals surface area (Å²) in [6.07, 6.45) is 4.33. The number of ether oxygens (including phenoxy) is 1. The van der Waals surface area contributed by atoms with E-state index in [9.17, 15) is 4.79 Å². The molecule has 2 heterocycles. The lowest BCUT2D eigenvalue weighted by molar-refractivity contribution is -0.0717. The van der Waals surface area contributed by atoms with Crippen LogP contribution in [0.25, 0.3) is 5.69 Å². The third-order valence-corrected chi connectivity index (χ3v) is 4.96. The third kappa shape index (κ3) is 4.05. The summed E-state index contributed by atoms with van der Waals surface area (Å²) in [4.78, 5) is 20.7. The van der Waals surface area contributed by atoms with Gasteiger partial charge in [0.15, 0.2) is 0 Å². The largest absolute Gasteiger partial charge is 0.371 e. The van der Waals surface area contributed by atoms with E-state index in [1.807, 2.05) is 55.1 Å². The quantitative estimate of drug-likeness (QED) is 0.894. The molecule has 2 amide bonds. The van der Waals surface area contributed by atoms with E-state index in [4.69, 9.17) is 4.74 Å². The van der Waals surface area contributed by atoms with Gasteiger partial charge in [0.2, 0.25) is 5.95 Å². The van der Waals surface area contributed by atoms with Crippen molar-refractivity contribution >= 4 is 17.7 Å². The van der Waals surface area contributed by atoms with Crippen LogP contribution in [0.1, 0.15) is 19.8 Å². The van der Waals surface area contributed by atoms with E-state index >= 15 is 0 Å². The number of benzene rings is 1. The van der Waals surface area contributed by atoms with Crippen LogP contribution in [0, 0.1) is 5.92 Å². The van der Waals surface area contributed by atoms with Gasteiger partial charge in [0, 0.05) is 32.9 Å². The van der Waals surface area contributed by atoms with Gasteiger partial charge in [-0.2, -0.15) is 4.98 Å². The van der Waals surface area contributed by atoms with Gasteiger partial charge in [0.1, 0.15) is 6.33 Å². The third-order valence-electron chi connectivity index (χ3n) is 4.96. The number of morpholine rings is 1. The minimum absolute atomic E-state index is 0.0704. The van der Waals surface area contributed by atoms with E-state index in [1.165, 1.54) is 12.8 Å². The van der Waals surface area contributed by atoms with Crippen LogP contribution in [-0.2, 0) is 4.74 Å². The molecule has 1 aromatic carbocycles. The van der Waals surface area contributed by atoms with E-state index in [2.05, 4.69) is 15.4 Å². The number of anilines is 2. The molecule has 144 valence electrons. The number of nitrogens with zero attached hydrogens (tertiary/aromatic N) is 5. The van der Waals surface area contributed by atoms with Crippen LogP contribution in [0.15, 0.2) is 30.6 Å². The van der Waals surface area contributed by atoms with Crippen LogP contribution in [0.4, 0.5) is 16.4 Å². The van der Waals surface area contributed by atoms with Gasteiger partial charge in [-0.1, -0.05) is 6.07 Å². The molecule has 27 heavy (non-hydrogen) atoms. The normalized spacial score (nSPS) is 22.6. The maximum absolute atomic E-state index is 12.8.